The zero-order chi connectivity index (χ0) is 20.9. The Balaban J connectivity index is 1.36. The monoisotopic (exact) mass is 407 g/mol. The van der Waals surface area contributed by atoms with Gasteiger partial charge in [0.05, 0.1) is 24.8 Å². The molecule has 0 spiro atoms. The second-order valence-corrected chi connectivity index (χ2v) is 7.38. The van der Waals surface area contributed by atoms with E-state index in [2.05, 4.69) is 25.0 Å². The Morgan fingerprint density at radius 3 is 2.57 bits per heavy atom. The Labute approximate surface area is 175 Å². The Bertz CT molecular complexity index is 994. The fourth-order valence-electron chi connectivity index (χ4n) is 3.62. The molecule has 0 radical (unpaired) electrons. The highest BCUT2D eigenvalue weighted by molar-refractivity contribution is 5.72. The first-order chi connectivity index (χ1) is 14.6. The number of piperidine rings is 1. The summed E-state index contributed by atoms with van der Waals surface area (Å²) in [6.45, 7) is 6.36. The van der Waals surface area contributed by atoms with Crippen LogP contribution in [0.25, 0.3) is 22.6 Å². The number of ether oxygens (including phenoxy) is 1. The van der Waals surface area contributed by atoms with Gasteiger partial charge in [-0.15, -0.1) is 0 Å². The van der Waals surface area contributed by atoms with Crippen LogP contribution in [0.4, 0.5) is 0 Å². The van der Waals surface area contributed by atoms with E-state index in [0.717, 1.165) is 48.6 Å². The van der Waals surface area contributed by atoms with Crippen molar-refractivity contribution in [3.05, 3.63) is 48.2 Å². The summed E-state index contributed by atoms with van der Waals surface area (Å²) in [5, 5.41) is 4.12. The summed E-state index contributed by atoms with van der Waals surface area (Å²) in [6, 6.07) is 9.80. The Kier molecular flexibility index (Phi) is 6.13. The van der Waals surface area contributed by atoms with Crippen LogP contribution < -0.4 is 0 Å². The molecule has 8 nitrogen and oxygen atoms in total. The molecule has 1 aliphatic heterocycles. The van der Waals surface area contributed by atoms with Crippen LogP contribution in [0.5, 0.6) is 0 Å². The number of carbonyl (C=O) groups excluding carboxylic acids is 1. The van der Waals surface area contributed by atoms with Gasteiger partial charge in [0.2, 0.25) is 11.7 Å². The summed E-state index contributed by atoms with van der Waals surface area (Å²) in [7, 11) is 0. The number of aromatic nitrogens is 4. The normalized spacial score (nSPS) is 15.3. The largest absolute Gasteiger partial charge is 0.466 e. The maximum atomic E-state index is 11.9. The number of nitrogens with zero attached hydrogens (tertiary/aromatic N) is 5. The molecule has 4 rings (SSSR count). The fourth-order valence-corrected chi connectivity index (χ4v) is 3.62. The smallest absolute Gasteiger partial charge is 0.309 e. The molecule has 1 aliphatic rings. The van der Waals surface area contributed by atoms with E-state index < -0.39 is 0 Å². The molecule has 0 bridgehead atoms. The first-order valence-electron chi connectivity index (χ1n) is 10.2. The van der Waals surface area contributed by atoms with Gasteiger partial charge in [-0.3, -0.25) is 9.69 Å². The molecule has 0 amide bonds. The van der Waals surface area contributed by atoms with Gasteiger partial charge in [-0.05, 0) is 45.8 Å². The molecule has 2 aromatic heterocycles. The number of likely N-dealkylation sites (tertiary alicyclic amines) is 1. The van der Waals surface area contributed by atoms with Crippen molar-refractivity contribution >= 4 is 5.97 Å². The molecule has 0 unspecified atom stereocenters. The molecular formula is C22H25N5O3. The number of rotatable bonds is 6. The molecular weight excluding hydrogens is 382 g/mol. The highest BCUT2D eigenvalue weighted by atomic mass is 16.5. The molecule has 0 N–H and O–H groups in total. The number of hydrogen-bond acceptors (Lipinski definition) is 8. The molecule has 0 atom stereocenters. The van der Waals surface area contributed by atoms with Crippen molar-refractivity contribution in [1.29, 1.82) is 0 Å². The molecule has 30 heavy (non-hydrogen) atoms. The van der Waals surface area contributed by atoms with Gasteiger partial charge in [-0.2, -0.15) is 4.98 Å². The summed E-state index contributed by atoms with van der Waals surface area (Å²) >= 11 is 0. The third kappa shape index (κ3) is 4.71. The van der Waals surface area contributed by atoms with Crippen LogP contribution in [0, 0.1) is 12.8 Å². The Hall–Kier alpha value is -3.13. The summed E-state index contributed by atoms with van der Waals surface area (Å²) in [6.07, 6.45) is 3.35. The number of hydrogen-bond donors (Lipinski definition) is 0. The fraction of sp³-hybridized carbons (Fsp3) is 0.409. The maximum absolute atomic E-state index is 11.9. The summed E-state index contributed by atoms with van der Waals surface area (Å²) in [5.74, 6) is 1.80. The predicted octanol–water partition coefficient (Wildman–Crippen LogP) is 3.28. The molecule has 3 aromatic rings. The van der Waals surface area contributed by atoms with E-state index in [0.29, 0.717) is 24.9 Å². The van der Waals surface area contributed by atoms with Crippen molar-refractivity contribution in [3.63, 3.8) is 0 Å². The lowest BCUT2D eigenvalue weighted by Gasteiger charge is -2.29. The third-order valence-corrected chi connectivity index (χ3v) is 5.25. The van der Waals surface area contributed by atoms with Crippen molar-refractivity contribution in [2.45, 2.75) is 33.2 Å². The lowest BCUT2D eigenvalue weighted by atomic mass is 9.97. The van der Waals surface area contributed by atoms with E-state index in [1.165, 1.54) is 0 Å². The minimum absolute atomic E-state index is 0.00312. The topological polar surface area (TPSA) is 94.2 Å². The summed E-state index contributed by atoms with van der Waals surface area (Å²) in [5.41, 5.74) is 2.78. The summed E-state index contributed by atoms with van der Waals surface area (Å²) in [4.78, 5) is 27.2. The zero-order valence-corrected chi connectivity index (χ0v) is 17.2. The van der Waals surface area contributed by atoms with Gasteiger partial charge in [0, 0.05) is 17.3 Å². The average molecular weight is 407 g/mol. The number of benzene rings is 1. The van der Waals surface area contributed by atoms with Gasteiger partial charge in [0.25, 0.3) is 0 Å². The first-order valence-corrected chi connectivity index (χ1v) is 10.2. The van der Waals surface area contributed by atoms with Crippen molar-refractivity contribution in [2.75, 3.05) is 19.7 Å². The van der Waals surface area contributed by atoms with Crippen LogP contribution >= 0.6 is 0 Å². The zero-order valence-electron chi connectivity index (χ0n) is 17.2. The number of esters is 1. The maximum Gasteiger partial charge on any atom is 0.309 e. The quantitative estimate of drug-likeness (QED) is 0.575. The number of aryl methyl sites for hydroxylation is 1. The van der Waals surface area contributed by atoms with Gasteiger partial charge in [0.15, 0.2) is 0 Å². The standard InChI is InChI=1S/C22H25N5O3/c1-3-29-22(28)18-9-12-27(13-10-18)14-20-25-21(26-30-20)17-6-4-16(5-7-17)19-8-11-23-15(2)24-19/h4-8,11,18H,3,9-10,12-14H2,1-2H3. The minimum atomic E-state index is -0.0854. The molecule has 8 heteroatoms. The molecule has 0 saturated carbocycles. The SMILES string of the molecule is CCOC(=O)C1CCN(Cc2nc(-c3ccc(-c4ccnc(C)n4)cc3)no2)CC1. The van der Waals surface area contributed by atoms with E-state index in [-0.39, 0.29) is 11.9 Å². The van der Waals surface area contributed by atoms with Gasteiger partial charge in [-0.25, -0.2) is 9.97 Å². The van der Waals surface area contributed by atoms with Gasteiger partial charge in [0.1, 0.15) is 5.82 Å². The highest BCUT2D eigenvalue weighted by Gasteiger charge is 2.26. The van der Waals surface area contributed by atoms with Crippen LogP contribution in [0.2, 0.25) is 0 Å². The summed E-state index contributed by atoms with van der Waals surface area (Å²) < 4.78 is 10.6. The molecule has 0 aliphatic carbocycles. The van der Waals surface area contributed by atoms with Gasteiger partial charge in [-0.1, -0.05) is 29.4 Å². The van der Waals surface area contributed by atoms with Crippen LogP contribution in [-0.4, -0.2) is 50.7 Å². The van der Waals surface area contributed by atoms with Crippen molar-refractivity contribution in [3.8, 4) is 22.6 Å². The predicted molar refractivity (Wildman–Crippen MR) is 110 cm³/mol. The van der Waals surface area contributed by atoms with Gasteiger partial charge >= 0.3 is 5.97 Å². The van der Waals surface area contributed by atoms with E-state index >= 15 is 0 Å². The molecule has 1 fully saturated rings. The average Bonchev–Trinajstić information content (AvgIpc) is 3.23. The van der Waals surface area contributed by atoms with Crippen molar-refractivity contribution in [2.24, 2.45) is 5.92 Å². The number of carbonyl (C=O) groups is 1. The van der Waals surface area contributed by atoms with E-state index in [4.69, 9.17) is 9.26 Å². The Morgan fingerprint density at radius 1 is 1.13 bits per heavy atom. The lowest BCUT2D eigenvalue weighted by molar-refractivity contribution is -0.149. The van der Waals surface area contributed by atoms with Crippen molar-refractivity contribution in [1.82, 2.24) is 25.0 Å². The Morgan fingerprint density at radius 2 is 1.87 bits per heavy atom. The molecule has 156 valence electrons. The van der Waals surface area contributed by atoms with E-state index in [1.54, 1.807) is 6.20 Å². The second-order valence-electron chi connectivity index (χ2n) is 7.38. The van der Waals surface area contributed by atoms with E-state index in [1.807, 2.05) is 44.2 Å². The van der Waals surface area contributed by atoms with Crippen LogP contribution in [0.15, 0.2) is 41.1 Å². The van der Waals surface area contributed by atoms with Crippen LogP contribution in [0.1, 0.15) is 31.5 Å². The highest BCUT2D eigenvalue weighted by Crippen LogP contribution is 2.23. The second kappa shape index (κ2) is 9.13. The van der Waals surface area contributed by atoms with E-state index in [9.17, 15) is 4.79 Å². The van der Waals surface area contributed by atoms with Gasteiger partial charge < -0.3 is 9.26 Å². The lowest BCUT2D eigenvalue weighted by Crippen LogP contribution is -2.36. The molecule has 3 heterocycles. The molecule has 1 saturated heterocycles. The van der Waals surface area contributed by atoms with Crippen LogP contribution in [0.3, 0.4) is 0 Å². The first kappa shape index (κ1) is 20.2. The van der Waals surface area contributed by atoms with Crippen molar-refractivity contribution < 1.29 is 14.1 Å². The molecule has 1 aromatic carbocycles. The minimum Gasteiger partial charge on any atom is -0.466 e. The third-order valence-electron chi connectivity index (χ3n) is 5.25. The van der Waals surface area contributed by atoms with Crippen LogP contribution in [-0.2, 0) is 16.1 Å².